The monoisotopic (exact) mass is 366 g/mol. The molecule has 1 saturated heterocycles. The van der Waals surface area contributed by atoms with Gasteiger partial charge >= 0.3 is 0 Å². The Morgan fingerprint density at radius 1 is 1.19 bits per heavy atom. The Balaban J connectivity index is 1.45. The van der Waals surface area contributed by atoms with Crippen LogP contribution >= 0.6 is 0 Å². The molecular formula is C20H19FN4O2. The van der Waals surface area contributed by atoms with Gasteiger partial charge in [-0.05, 0) is 35.9 Å². The van der Waals surface area contributed by atoms with E-state index < -0.39 is 0 Å². The number of fused-ring (bicyclic) bond motifs is 1. The molecule has 2 aromatic carbocycles. The van der Waals surface area contributed by atoms with Crippen LogP contribution in [0.15, 0.2) is 48.8 Å². The summed E-state index contributed by atoms with van der Waals surface area (Å²) in [6.07, 6.45) is 1.70. The second kappa shape index (κ2) is 6.83. The fraction of sp³-hybridized carbons (Fsp3) is 0.250. The van der Waals surface area contributed by atoms with E-state index in [1.165, 1.54) is 12.1 Å². The van der Waals surface area contributed by atoms with Crippen molar-refractivity contribution in [2.75, 3.05) is 19.6 Å². The molecule has 0 bridgehead atoms. The predicted molar refractivity (Wildman–Crippen MR) is 98.4 cm³/mol. The fourth-order valence-electron chi connectivity index (χ4n) is 3.36. The minimum Gasteiger partial charge on any atom is -0.335 e. The van der Waals surface area contributed by atoms with Crippen LogP contribution in [-0.4, -0.2) is 50.8 Å². The van der Waals surface area contributed by atoms with Gasteiger partial charge in [-0.2, -0.15) is 0 Å². The van der Waals surface area contributed by atoms with Crippen molar-refractivity contribution >= 4 is 22.8 Å². The van der Waals surface area contributed by atoms with E-state index in [0.717, 1.165) is 16.6 Å². The molecule has 0 radical (unpaired) electrons. The first-order chi connectivity index (χ1) is 13.0. The highest BCUT2D eigenvalue weighted by Gasteiger charge is 2.28. The quantitative estimate of drug-likeness (QED) is 0.714. The molecule has 0 unspecified atom stereocenters. The first-order valence-electron chi connectivity index (χ1n) is 8.74. The highest BCUT2D eigenvalue weighted by molar-refractivity contribution is 5.99. The lowest BCUT2D eigenvalue weighted by Crippen LogP contribution is -2.51. The van der Waals surface area contributed by atoms with Crippen molar-refractivity contribution in [3.8, 4) is 0 Å². The Labute approximate surface area is 155 Å². The van der Waals surface area contributed by atoms with Crippen LogP contribution in [0, 0.1) is 5.82 Å². The number of rotatable bonds is 3. The Kier molecular flexibility index (Phi) is 4.35. The number of piperazine rings is 1. The fourth-order valence-corrected chi connectivity index (χ4v) is 3.36. The number of aromatic nitrogens is 2. The van der Waals surface area contributed by atoms with Crippen LogP contribution in [0.5, 0.6) is 0 Å². The normalized spacial score (nSPS) is 14.8. The molecule has 138 valence electrons. The van der Waals surface area contributed by atoms with Gasteiger partial charge in [0.2, 0.25) is 5.91 Å². The maximum Gasteiger partial charge on any atom is 0.254 e. The Bertz CT molecular complexity index is 1030. The lowest BCUT2D eigenvalue weighted by Gasteiger charge is -2.34. The van der Waals surface area contributed by atoms with Gasteiger partial charge < -0.3 is 14.4 Å². The summed E-state index contributed by atoms with van der Waals surface area (Å²) in [5.74, 6) is -0.641. The third-order valence-electron chi connectivity index (χ3n) is 4.84. The largest absolute Gasteiger partial charge is 0.335 e. The molecule has 27 heavy (non-hydrogen) atoms. The van der Waals surface area contributed by atoms with Gasteiger partial charge in [0, 0.05) is 32.2 Å². The summed E-state index contributed by atoms with van der Waals surface area (Å²) in [6, 6.07) is 11.6. The summed E-state index contributed by atoms with van der Waals surface area (Å²) >= 11 is 0. The Hall–Kier alpha value is -3.22. The van der Waals surface area contributed by atoms with Crippen molar-refractivity contribution in [1.29, 1.82) is 0 Å². The number of halogens is 1. The van der Waals surface area contributed by atoms with E-state index in [1.807, 2.05) is 17.7 Å². The molecule has 0 saturated carbocycles. The molecule has 6 nitrogen and oxygen atoms in total. The van der Waals surface area contributed by atoms with E-state index in [0.29, 0.717) is 25.2 Å². The van der Waals surface area contributed by atoms with E-state index in [4.69, 9.17) is 0 Å². The van der Waals surface area contributed by atoms with Crippen LogP contribution in [0.1, 0.15) is 15.9 Å². The summed E-state index contributed by atoms with van der Waals surface area (Å²) in [5.41, 5.74) is 2.96. The lowest BCUT2D eigenvalue weighted by molar-refractivity contribution is -0.135. The van der Waals surface area contributed by atoms with E-state index in [9.17, 15) is 14.0 Å². The van der Waals surface area contributed by atoms with E-state index in [2.05, 4.69) is 4.98 Å². The molecule has 1 aromatic heterocycles. The summed E-state index contributed by atoms with van der Waals surface area (Å²) in [4.78, 5) is 32.7. The zero-order chi connectivity index (χ0) is 19.0. The summed E-state index contributed by atoms with van der Waals surface area (Å²) in [5, 5.41) is 0. The second-order valence-corrected chi connectivity index (χ2v) is 6.73. The highest BCUT2D eigenvalue weighted by atomic mass is 19.1. The molecule has 1 aliphatic rings. The van der Waals surface area contributed by atoms with Crippen molar-refractivity contribution in [2.45, 2.75) is 6.54 Å². The summed E-state index contributed by atoms with van der Waals surface area (Å²) in [7, 11) is 1.90. The topological polar surface area (TPSA) is 58.4 Å². The smallest absolute Gasteiger partial charge is 0.254 e. The van der Waals surface area contributed by atoms with Crippen molar-refractivity contribution in [3.63, 3.8) is 0 Å². The number of nitrogens with zero attached hydrogens (tertiary/aromatic N) is 4. The molecule has 7 heteroatoms. The van der Waals surface area contributed by atoms with E-state index >= 15 is 0 Å². The Morgan fingerprint density at radius 3 is 2.81 bits per heavy atom. The number of benzene rings is 2. The second-order valence-electron chi connectivity index (χ2n) is 6.73. The van der Waals surface area contributed by atoms with Gasteiger partial charge in [0.1, 0.15) is 12.4 Å². The minimum atomic E-state index is -0.321. The third kappa shape index (κ3) is 3.40. The van der Waals surface area contributed by atoms with E-state index in [1.54, 1.807) is 40.4 Å². The van der Waals surface area contributed by atoms with Crippen LogP contribution in [0.25, 0.3) is 11.0 Å². The highest BCUT2D eigenvalue weighted by Crippen LogP contribution is 2.17. The molecule has 0 aliphatic carbocycles. The van der Waals surface area contributed by atoms with Gasteiger partial charge in [0.25, 0.3) is 5.91 Å². The number of carbonyl (C=O) groups excluding carboxylic acids is 2. The molecule has 2 heterocycles. The number of aryl methyl sites for hydroxylation is 1. The van der Waals surface area contributed by atoms with Gasteiger partial charge in [-0.15, -0.1) is 0 Å². The SMILES string of the molecule is Cn1cnc2cc(C(=O)N3CCN(Cc4cccc(F)c4)C(=O)C3)ccc21. The number of hydrogen-bond acceptors (Lipinski definition) is 3. The maximum absolute atomic E-state index is 13.3. The zero-order valence-electron chi connectivity index (χ0n) is 14.9. The van der Waals surface area contributed by atoms with Crippen molar-refractivity contribution in [1.82, 2.24) is 19.4 Å². The van der Waals surface area contributed by atoms with Crippen LogP contribution in [0.3, 0.4) is 0 Å². The van der Waals surface area contributed by atoms with Crippen LogP contribution in [0.2, 0.25) is 0 Å². The van der Waals surface area contributed by atoms with E-state index in [-0.39, 0.29) is 24.2 Å². The summed E-state index contributed by atoms with van der Waals surface area (Å²) < 4.78 is 15.2. The van der Waals surface area contributed by atoms with Crippen LogP contribution in [-0.2, 0) is 18.4 Å². The van der Waals surface area contributed by atoms with Crippen LogP contribution in [0.4, 0.5) is 4.39 Å². The molecule has 0 N–H and O–H groups in total. The molecular weight excluding hydrogens is 347 g/mol. The standard InChI is InChI=1S/C20H19FN4O2/c1-23-13-22-17-10-15(5-6-18(17)23)20(27)25-8-7-24(19(26)12-25)11-14-3-2-4-16(21)9-14/h2-6,9-10,13H,7-8,11-12H2,1H3. The van der Waals surface area contributed by atoms with Crippen molar-refractivity contribution in [2.24, 2.45) is 7.05 Å². The number of imidazole rings is 1. The minimum absolute atomic E-state index is 0.0222. The van der Waals surface area contributed by atoms with Crippen molar-refractivity contribution < 1.29 is 14.0 Å². The van der Waals surface area contributed by atoms with Gasteiger partial charge in [-0.3, -0.25) is 9.59 Å². The molecule has 1 aliphatic heterocycles. The number of carbonyl (C=O) groups is 2. The van der Waals surface area contributed by atoms with Crippen molar-refractivity contribution in [3.05, 3.63) is 65.7 Å². The van der Waals surface area contributed by atoms with Gasteiger partial charge in [0.15, 0.2) is 0 Å². The molecule has 3 aromatic rings. The van der Waals surface area contributed by atoms with Crippen LogP contribution < -0.4 is 0 Å². The molecule has 4 rings (SSSR count). The first-order valence-corrected chi connectivity index (χ1v) is 8.74. The first kappa shape index (κ1) is 17.2. The average Bonchev–Trinajstić information content (AvgIpc) is 3.03. The van der Waals surface area contributed by atoms with Gasteiger partial charge in [0.05, 0.1) is 17.4 Å². The average molecular weight is 366 g/mol. The maximum atomic E-state index is 13.3. The Morgan fingerprint density at radius 2 is 2.04 bits per heavy atom. The zero-order valence-corrected chi connectivity index (χ0v) is 14.9. The third-order valence-corrected chi connectivity index (χ3v) is 4.84. The molecule has 2 amide bonds. The molecule has 1 fully saturated rings. The molecule has 0 atom stereocenters. The van der Waals surface area contributed by atoms with Gasteiger partial charge in [-0.1, -0.05) is 12.1 Å². The molecule has 0 spiro atoms. The number of hydrogen-bond donors (Lipinski definition) is 0. The summed E-state index contributed by atoms with van der Waals surface area (Å²) in [6.45, 7) is 1.24. The predicted octanol–water partition coefficient (Wildman–Crippen LogP) is 2.20. The number of amides is 2. The van der Waals surface area contributed by atoms with Gasteiger partial charge in [-0.25, -0.2) is 9.37 Å². The lowest BCUT2D eigenvalue weighted by atomic mass is 10.1.